The molecule has 0 atom stereocenters. The Morgan fingerprint density at radius 2 is 2.23 bits per heavy atom. The molecule has 6 heteroatoms. The second kappa shape index (κ2) is 3.26. The number of carboxylic acids is 1. The highest BCUT2D eigenvalue weighted by Crippen LogP contribution is 2.28. The number of hydrogen-bond acceptors (Lipinski definition) is 2. The van der Waals surface area contributed by atoms with Crippen LogP contribution in [0.1, 0.15) is 5.56 Å². The molecule has 13 heavy (non-hydrogen) atoms. The van der Waals surface area contributed by atoms with Gasteiger partial charge in [0.25, 0.3) is 0 Å². The minimum atomic E-state index is -3.92. The fourth-order valence-electron chi connectivity index (χ4n) is 0.721. The van der Waals surface area contributed by atoms with Crippen molar-refractivity contribution in [3.63, 3.8) is 0 Å². The fourth-order valence-corrected chi connectivity index (χ4v) is 0.895. The van der Waals surface area contributed by atoms with Crippen LogP contribution in [0.2, 0.25) is 5.15 Å². The molecule has 1 rings (SSSR count). The highest BCUT2D eigenvalue weighted by atomic mass is 35.5. The van der Waals surface area contributed by atoms with E-state index in [1.807, 2.05) is 0 Å². The number of carbonyl (C=O) groups is 1. The zero-order chi connectivity index (χ0) is 10.1. The molecule has 0 aliphatic heterocycles. The molecule has 0 unspecified atom stereocenters. The smallest absolute Gasteiger partial charge is 0.379 e. The van der Waals surface area contributed by atoms with Crippen LogP contribution in [0.4, 0.5) is 8.78 Å². The lowest BCUT2D eigenvalue weighted by Crippen LogP contribution is -2.25. The topological polar surface area (TPSA) is 50.2 Å². The predicted molar refractivity (Wildman–Crippen MR) is 40.8 cm³/mol. The van der Waals surface area contributed by atoms with Crippen LogP contribution in [0.15, 0.2) is 18.3 Å². The Kier molecular flexibility index (Phi) is 2.47. The van der Waals surface area contributed by atoms with E-state index in [0.29, 0.717) is 0 Å². The molecule has 0 amide bonds. The zero-order valence-corrected chi connectivity index (χ0v) is 6.92. The summed E-state index contributed by atoms with van der Waals surface area (Å²) in [4.78, 5) is 13.6. The number of aromatic nitrogens is 1. The second-order valence-corrected chi connectivity index (χ2v) is 2.63. The van der Waals surface area contributed by atoms with Gasteiger partial charge in [0.1, 0.15) is 5.15 Å². The van der Waals surface area contributed by atoms with E-state index in [9.17, 15) is 13.6 Å². The van der Waals surface area contributed by atoms with Gasteiger partial charge in [-0.2, -0.15) is 8.78 Å². The van der Waals surface area contributed by atoms with Crippen LogP contribution in [-0.4, -0.2) is 16.1 Å². The second-order valence-electron chi connectivity index (χ2n) is 2.25. The molecule has 0 aliphatic carbocycles. The standard InChI is InChI=1S/C7H4ClF2NO2/c8-5-3-4(1-2-11-5)7(9,10)6(12)13/h1-3H,(H,12,13). The molecule has 0 saturated carbocycles. The molecule has 0 spiro atoms. The van der Waals surface area contributed by atoms with Gasteiger partial charge in [0.05, 0.1) is 0 Å². The molecule has 3 nitrogen and oxygen atoms in total. The Labute approximate surface area is 77.0 Å². The Hall–Kier alpha value is -1.23. The SMILES string of the molecule is O=C(O)C(F)(F)c1ccnc(Cl)c1. The van der Waals surface area contributed by atoms with Crippen LogP contribution in [-0.2, 0) is 10.7 Å². The maximum absolute atomic E-state index is 12.8. The summed E-state index contributed by atoms with van der Waals surface area (Å²) in [5, 5.41) is 8.00. The highest BCUT2D eigenvalue weighted by Gasteiger charge is 2.41. The third-order valence-electron chi connectivity index (χ3n) is 1.36. The normalized spacial score (nSPS) is 11.3. The number of halogens is 3. The van der Waals surface area contributed by atoms with Crippen molar-refractivity contribution < 1.29 is 18.7 Å². The van der Waals surface area contributed by atoms with Gasteiger partial charge in [0, 0.05) is 11.8 Å². The highest BCUT2D eigenvalue weighted by molar-refractivity contribution is 6.29. The van der Waals surface area contributed by atoms with Gasteiger partial charge in [0.15, 0.2) is 0 Å². The molecule has 0 saturated heterocycles. The Morgan fingerprint density at radius 3 is 2.69 bits per heavy atom. The summed E-state index contributed by atoms with van der Waals surface area (Å²) < 4.78 is 25.5. The van der Waals surface area contributed by atoms with Gasteiger partial charge in [-0.25, -0.2) is 9.78 Å². The van der Waals surface area contributed by atoms with E-state index in [4.69, 9.17) is 16.7 Å². The maximum atomic E-state index is 12.8. The van der Waals surface area contributed by atoms with E-state index >= 15 is 0 Å². The van der Waals surface area contributed by atoms with Gasteiger partial charge >= 0.3 is 11.9 Å². The van der Waals surface area contributed by atoms with E-state index in [1.165, 1.54) is 0 Å². The average molecular weight is 208 g/mol. The molecular weight excluding hydrogens is 204 g/mol. The summed E-state index contributed by atoms with van der Waals surface area (Å²) >= 11 is 5.32. The average Bonchev–Trinajstić information content (AvgIpc) is 2.04. The van der Waals surface area contributed by atoms with E-state index in [0.717, 1.165) is 18.3 Å². The van der Waals surface area contributed by atoms with Crippen molar-refractivity contribution in [1.82, 2.24) is 4.98 Å². The monoisotopic (exact) mass is 207 g/mol. The molecule has 70 valence electrons. The summed E-state index contributed by atoms with van der Waals surface area (Å²) in [6.45, 7) is 0. The first kappa shape index (κ1) is 9.85. The maximum Gasteiger partial charge on any atom is 0.379 e. The van der Waals surface area contributed by atoms with Crippen LogP contribution in [0.5, 0.6) is 0 Å². The Bertz CT molecular complexity index is 343. The van der Waals surface area contributed by atoms with Crippen molar-refractivity contribution in [2.24, 2.45) is 0 Å². The Balaban J connectivity index is 3.14. The molecule has 0 aliphatic rings. The lowest BCUT2D eigenvalue weighted by molar-refractivity contribution is -0.166. The number of alkyl halides is 2. The van der Waals surface area contributed by atoms with Crippen LogP contribution in [0, 0.1) is 0 Å². The number of aliphatic carboxylic acids is 1. The van der Waals surface area contributed by atoms with Gasteiger partial charge in [0.2, 0.25) is 0 Å². The summed E-state index contributed by atoms with van der Waals surface area (Å²) in [6, 6.07) is 1.72. The van der Waals surface area contributed by atoms with Gasteiger partial charge in [-0.3, -0.25) is 0 Å². The van der Waals surface area contributed by atoms with Gasteiger partial charge < -0.3 is 5.11 Å². The van der Waals surface area contributed by atoms with Crippen LogP contribution >= 0.6 is 11.6 Å². The lowest BCUT2D eigenvalue weighted by Gasteiger charge is -2.10. The minimum absolute atomic E-state index is 0.168. The predicted octanol–water partition coefficient (Wildman–Crippen LogP) is 1.91. The van der Waals surface area contributed by atoms with E-state index in [1.54, 1.807) is 0 Å². The zero-order valence-electron chi connectivity index (χ0n) is 6.17. The van der Waals surface area contributed by atoms with Crippen LogP contribution < -0.4 is 0 Å². The molecule has 0 radical (unpaired) electrons. The number of nitrogens with zero attached hydrogens (tertiary/aromatic N) is 1. The van der Waals surface area contributed by atoms with Crippen molar-refractivity contribution in [1.29, 1.82) is 0 Å². The first-order chi connectivity index (χ1) is 5.94. The third kappa shape index (κ3) is 1.92. The molecule has 1 heterocycles. The van der Waals surface area contributed by atoms with Crippen LogP contribution in [0.3, 0.4) is 0 Å². The summed E-state index contributed by atoms with van der Waals surface area (Å²) in [5.41, 5.74) is -0.681. The largest absolute Gasteiger partial charge is 0.477 e. The molecule has 1 N–H and O–H groups in total. The number of hydrogen-bond donors (Lipinski definition) is 1. The van der Waals surface area contributed by atoms with Gasteiger partial charge in [-0.15, -0.1) is 0 Å². The Morgan fingerprint density at radius 1 is 1.62 bits per heavy atom. The van der Waals surface area contributed by atoms with Crippen molar-refractivity contribution in [3.05, 3.63) is 29.0 Å². The quantitative estimate of drug-likeness (QED) is 0.754. The number of pyridine rings is 1. The summed E-state index contributed by atoms with van der Waals surface area (Å²) in [6.07, 6.45) is 1.02. The molecule has 1 aromatic heterocycles. The van der Waals surface area contributed by atoms with Crippen LogP contribution in [0.25, 0.3) is 0 Å². The molecule has 1 aromatic rings. The first-order valence-corrected chi connectivity index (χ1v) is 3.55. The van der Waals surface area contributed by atoms with Crippen molar-refractivity contribution >= 4 is 17.6 Å². The van der Waals surface area contributed by atoms with Crippen molar-refractivity contribution in [2.45, 2.75) is 5.92 Å². The molecular formula is C7H4ClF2NO2. The van der Waals surface area contributed by atoms with Crippen molar-refractivity contribution in [3.8, 4) is 0 Å². The number of rotatable bonds is 2. The van der Waals surface area contributed by atoms with Gasteiger partial charge in [-0.1, -0.05) is 11.6 Å². The molecule has 0 fully saturated rings. The fraction of sp³-hybridized carbons (Fsp3) is 0.143. The van der Waals surface area contributed by atoms with E-state index < -0.39 is 17.5 Å². The molecule has 0 aromatic carbocycles. The van der Waals surface area contributed by atoms with Gasteiger partial charge in [-0.05, 0) is 12.1 Å². The summed E-state index contributed by atoms with van der Waals surface area (Å²) in [5.74, 6) is -6.14. The van der Waals surface area contributed by atoms with E-state index in [-0.39, 0.29) is 5.15 Å². The van der Waals surface area contributed by atoms with E-state index in [2.05, 4.69) is 4.98 Å². The van der Waals surface area contributed by atoms with Crippen molar-refractivity contribution in [2.75, 3.05) is 0 Å². The molecule has 0 bridgehead atoms. The first-order valence-electron chi connectivity index (χ1n) is 3.18. The number of carboxylic acid groups (broad SMARTS) is 1. The minimum Gasteiger partial charge on any atom is -0.477 e. The summed E-state index contributed by atoms with van der Waals surface area (Å²) in [7, 11) is 0. The lowest BCUT2D eigenvalue weighted by atomic mass is 10.1. The third-order valence-corrected chi connectivity index (χ3v) is 1.56.